The van der Waals surface area contributed by atoms with Crippen LogP contribution < -0.4 is 4.89 Å². The number of rotatable bonds is 46. The first-order valence-corrected chi connectivity index (χ1v) is 26.9. The van der Waals surface area contributed by atoms with Gasteiger partial charge in [-0.3, -0.25) is 14.2 Å². The summed E-state index contributed by atoms with van der Waals surface area (Å²) in [7, 11) is 1.12. The number of carbonyl (C=O) groups excluding carboxylic acids is 2. The average molecular weight is 910 g/mol. The molecule has 0 aromatic heterocycles. The molecular weight excluding hydrogens is 814 g/mol. The molecule has 0 amide bonds. The number of quaternary nitrogens is 1. The fourth-order valence-electron chi connectivity index (χ4n) is 6.90. The van der Waals surface area contributed by atoms with Gasteiger partial charge in [0.2, 0.25) is 0 Å². The summed E-state index contributed by atoms with van der Waals surface area (Å²) < 4.78 is 33.9. The molecule has 0 spiro atoms. The molecule has 0 aromatic carbocycles. The van der Waals surface area contributed by atoms with E-state index in [0.29, 0.717) is 30.3 Å². The Morgan fingerprint density at radius 3 is 1.51 bits per heavy atom. The van der Waals surface area contributed by atoms with Crippen molar-refractivity contribution in [3.8, 4) is 0 Å². The van der Waals surface area contributed by atoms with Crippen LogP contribution in [0, 0.1) is 0 Å². The number of hydrogen-bond donors (Lipinski definition) is 1. The molecule has 0 saturated carbocycles. The normalized spacial score (nSPS) is 14.3. The van der Waals surface area contributed by atoms with E-state index in [1.165, 1.54) is 109 Å². The minimum absolute atomic E-state index is 0.0460. The zero-order chi connectivity index (χ0) is 46.5. The van der Waals surface area contributed by atoms with Crippen molar-refractivity contribution in [1.82, 2.24) is 0 Å². The van der Waals surface area contributed by atoms with Crippen LogP contribution in [0.4, 0.5) is 0 Å². The summed E-state index contributed by atoms with van der Waals surface area (Å²) in [5.41, 5.74) is 0. The lowest BCUT2D eigenvalue weighted by Gasteiger charge is -2.28. The second-order valence-corrected chi connectivity index (χ2v) is 19.8. The Bertz CT molecular complexity index is 1230. The van der Waals surface area contributed by atoms with Crippen molar-refractivity contribution >= 4 is 19.8 Å². The molecule has 0 saturated heterocycles. The topological polar surface area (TPSA) is 131 Å². The highest BCUT2D eigenvalue weighted by Gasteiger charge is 2.21. The predicted molar refractivity (Wildman–Crippen MR) is 260 cm³/mol. The van der Waals surface area contributed by atoms with Crippen molar-refractivity contribution in [3.05, 3.63) is 48.6 Å². The number of esters is 2. The van der Waals surface area contributed by atoms with Gasteiger partial charge in [-0.1, -0.05) is 204 Å². The van der Waals surface area contributed by atoms with Crippen LogP contribution in [0.5, 0.6) is 0 Å². The zero-order valence-electron chi connectivity index (χ0n) is 41.1. The number of unbranched alkanes of at least 4 members (excludes halogenated alkanes) is 22. The first kappa shape index (κ1) is 60.9. The van der Waals surface area contributed by atoms with E-state index in [4.69, 9.17) is 18.5 Å². The van der Waals surface area contributed by atoms with E-state index in [2.05, 4.69) is 44.2 Å². The van der Waals surface area contributed by atoms with Gasteiger partial charge in [0.25, 0.3) is 7.82 Å². The fraction of sp³-hybridized carbons (Fsp3) is 0.808. The molecule has 63 heavy (non-hydrogen) atoms. The average Bonchev–Trinajstić information content (AvgIpc) is 3.23. The highest BCUT2D eigenvalue weighted by molar-refractivity contribution is 7.45. The summed E-state index contributed by atoms with van der Waals surface area (Å²) in [5.74, 6) is -0.916. The third kappa shape index (κ3) is 47.7. The Kier molecular flexibility index (Phi) is 42.4. The van der Waals surface area contributed by atoms with Crippen LogP contribution >= 0.6 is 7.82 Å². The fourth-order valence-corrected chi connectivity index (χ4v) is 7.63. The Balaban J connectivity index is 4.34. The van der Waals surface area contributed by atoms with E-state index in [1.54, 1.807) is 0 Å². The van der Waals surface area contributed by atoms with E-state index in [-0.39, 0.29) is 32.2 Å². The molecule has 0 aromatic rings. The van der Waals surface area contributed by atoms with Crippen molar-refractivity contribution < 1.29 is 47.2 Å². The highest BCUT2D eigenvalue weighted by atomic mass is 31.2. The van der Waals surface area contributed by atoms with E-state index < -0.39 is 32.5 Å². The van der Waals surface area contributed by atoms with Gasteiger partial charge in [0.15, 0.2) is 6.10 Å². The zero-order valence-corrected chi connectivity index (χ0v) is 42.0. The van der Waals surface area contributed by atoms with E-state index in [1.807, 2.05) is 39.4 Å². The maximum absolute atomic E-state index is 12.7. The third-order valence-corrected chi connectivity index (χ3v) is 11.9. The lowest BCUT2D eigenvalue weighted by atomic mass is 10.0. The quantitative estimate of drug-likeness (QED) is 0.0208. The van der Waals surface area contributed by atoms with Gasteiger partial charge in [-0.25, -0.2) is 0 Å². The number of allylic oxidation sites excluding steroid dienone is 7. The Hall–Kier alpha value is -2.07. The molecule has 0 aliphatic rings. The monoisotopic (exact) mass is 910 g/mol. The van der Waals surface area contributed by atoms with Crippen LogP contribution in [-0.4, -0.2) is 81.2 Å². The molecule has 0 radical (unpaired) electrons. The number of hydrogen-bond acceptors (Lipinski definition) is 9. The minimum Gasteiger partial charge on any atom is -0.756 e. The molecule has 11 heteroatoms. The molecular formula is C52H96NO9P. The molecule has 10 nitrogen and oxygen atoms in total. The molecule has 3 atom stereocenters. The van der Waals surface area contributed by atoms with Gasteiger partial charge in [-0.2, -0.15) is 0 Å². The number of phosphoric ester groups is 1. The van der Waals surface area contributed by atoms with Gasteiger partial charge in [0, 0.05) is 12.8 Å². The maximum Gasteiger partial charge on any atom is 0.306 e. The SMILES string of the molecule is CCCCCCCCCCCCCCCCCCCCCCCC(=O)O[C@H](COC(=O)CCC/C=C\C/C=C\C/C=C\C/C=C\[C@@H](O)CCCC)COP(=O)([O-])OCC[N+](C)(C)C. The maximum atomic E-state index is 12.7. The smallest absolute Gasteiger partial charge is 0.306 e. The number of carbonyl (C=O) groups is 2. The summed E-state index contributed by atoms with van der Waals surface area (Å²) in [6.45, 7) is 4.02. The molecule has 0 aliphatic carbocycles. The predicted octanol–water partition coefficient (Wildman–Crippen LogP) is 13.4. The number of likely N-dealkylation sites (N-methyl/N-ethyl adjacent to an activating group) is 1. The molecule has 0 aliphatic heterocycles. The van der Waals surface area contributed by atoms with Crippen LogP contribution in [0.3, 0.4) is 0 Å². The molecule has 0 fully saturated rings. The third-order valence-electron chi connectivity index (χ3n) is 10.9. The standard InChI is InChI=1S/C52H96NO9P/c1-6-8-10-11-12-13-14-15-16-17-18-19-20-21-22-23-28-31-34-37-40-44-52(56)62-50(48-61-63(57,58)60-46-45-53(3,4)5)47-59-51(55)43-39-36-33-30-27-25-24-26-29-32-35-38-42-49(54)41-9-7-2/h24-25,29-30,32-33,38,42,49-50,54H,6-23,26-28,31,34-37,39-41,43-48H2,1-5H3/b25-24-,32-29-,33-30-,42-38-/t49-,50+/m0/s1. The Labute approximate surface area is 386 Å². The first-order valence-electron chi connectivity index (χ1n) is 25.4. The van der Waals surface area contributed by atoms with Crippen molar-refractivity contribution in [3.63, 3.8) is 0 Å². The van der Waals surface area contributed by atoms with Crippen molar-refractivity contribution in [2.45, 2.75) is 225 Å². The lowest BCUT2D eigenvalue weighted by molar-refractivity contribution is -0.870. The number of nitrogens with zero attached hydrogens (tertiary/aromatic N) is 1. The van der Waals surface area contributed by atoms with Gasteiger partial charge < -0.3 is 33.0 Å². The van der Waals surface area contributed by atoms with E-state index >= 15 is 0 Å². The van der Waals surface area contributed by atoms with Gasteiger partial charge in [-0.15, -0.1) is 0 Å². The molecule has 0 bridgehead atoms. The van der Waals surface area contributed by atoms with Crippen molar-refractivity contribution in [2.75, 3.05) is 47.5 Å². The summed E-state index contributed by atoms with van der Waals surface area (Å²) >= 11 is 0. The lowest BCUT2D eigenvalue weighted by Crippen LogP contribution is -2.37. The summed E-state index contributed by atoms with van der Waals surface area (Å²) in [6.07, 6.45) is 49.1. The number of phosphoric acid groups is 1. The van der Waals surface area contributed by atoms with Crippen LogP contribution in [-0.2, 0) is 32.7 Å². The van der Waals surface area contributed by atoms with E-state index in [0.717, 1.165) is 57.8 Å². The second-order valence-electron chi connectivity index (χ2n) is 18.4. The molecule has 1 N–H and O–H groups in total. The van der Waals surface area contributed by atoms with Crippen LogP contribution in [0.25, 0.3) is 0 Å². The number of aliphatic hydroxyl groups is 1. The van der Waals surface area contributed by atoms with Crippen molar-refractivity contribution in [2.24, 2.45) is 0 Å². The molecule has 368 valence electrons. The highest BCUT2D eigenvalue weighted by Crippen LogP contribution is 2.38. The van der Waals surface area contributed by atoms with Gasteiger partial charge >= 0.3 is 11.9 Å². The Morgan fingerprint density at radius 2 is 1.02 bits per heavy atom. The molecule has 0 rings (SSSR count). The number of aliphatic hydroxyl groups excluding tert-OH is 1. The van der Waals surface area contributed by atoms with Crippen LogP contribution in [0.15, 0.2) is 48.6 Å². The second kappa shape index (κ2) is 43.8. The van der Waals surface area contributed by atoms with E-state index in [9.17, 15) is 24.2 Å². The Morgan fingerprint density at radius 1 is 0.571 bits per heavy atom. The van der Waals surface area contributed by atoms with Crippen molar-refractivity contribution in [1.29, 1.82) is 0 Å². The van der Waals surface area contributed by atoms with Crippen LogP contribution in [0.1, 0.15) is 213 Å². The van der Waals surface area contributed by atoms with Gasteiger partial charge in [-0.05, 0) is 44.9 Å². The minimum atomic E-state index is -4.65. The number of ether oxygens (including phenoxy) is 2. The van der Waals surface area contributed by atoms with Gasteiger partial charge in [0.05, 0.1) is 33.9 Å². The summed E-state index contributed by atoms with van der Waals surface area (Å²) in [4.78, 5) is 37.7. The summed E-state index contributed by atoms with van der Waals surface area (Å²) in [5, 5.41) is 9.83. The molecule has 1 unspecified atom stereocenters. The summed E-state index contributed by atoms with van der Waals surface area (Å²) in [6, 6.07) is 0. The molecule has 0 heterocycles. The van der Waals surface area contributed by atoms with Gasteiger partial charge in [0.1, 0.15) is 19.8 Å². The van der Waals surface area contributed by atoms with Crippen LogP contribution in [0.2, 0.25) is 0 Å². The first-order chi connectivity index (χ1) is 30.4. The largest absolute Gasteiger partial charge is 0.756 e.